The minimum absolute atomic E-state index is 0.0999. The molecule has 0 spiro atoms. The Morgan fingerprint density at radius 2 is 2.44 bits per heavy atom. The van der Waals surface area contributed by atoms with Crippen molar-refractivity contribution in [2.75, 3.05) is 6.54 Å². The van der Waals surface area contributed by atoms with Crippen LogP contribution in [0.2, 0.25) is 0 Å². The van der Waals surface area contributed by atoms with Gasteiger partial charge in [-0.05, 0) is 6.42 Å². The normalized spacial score (nSPS) is 10.9. The van der Waals surface area contributed by atoms with Crippen molar-refractivity contribution in [1.29, 1.82) is 0 Å². The summed E-state index contributed by atoms with van der Waals surface area (Å²) in [6.07, 6.45) is 2.47. The number of hydrogen-bond donors (Lipinski definition) is 1. The molecule has 0 saturated carbocycles. The van der Waals surface area contributed by atoms with Crippen molar-refractivity contribution in [3.8, 4) is 0 Å². The first-order chi connectivity index (χ1) is 7.76. The minimum Gasteiger partial charge on any atom is -0.463 e. The van der Waals surface area contributed by atoms with Crippen molar-refractivity contribution >= 4 is 17.1 Å². The molecule has 16 heavy (non-hydrogen) atoms. The van der Waals surface area contributed by atoms with Crippen LogP contribution in [0.1, 0.15) is 12.6 Å². The topological polar surface area (TPSA) is 70.4 Å². The van der Waals surface area contributed by atoms with Gasteiger partial charge >= 0.3 is 5.97 Å². The number of rotatable bonds is 4. The van der Waals surface area contributed by atoms with E-state index in [0.717, 1.165) is 23.2 Å². The third kappa shape index (κ3) is 1.81. The van der Waals surface area contributed by atoms with E-state index >= 15 is 0 Å². The third-order valence-corrected chi connectivity index (χ3v) is 2.49. The van der Waals surface area contributed by atoms with E-state index in [9.17, 15) is 4.79 Å². The summed E-state index contributed by atoms with van der Waals surface area (Å²) in [6, 6.07) is 3.80. The van der Waals surface area contributed by atoms with E-state index in [1.54, 1.807) is 6.26 Å². The van der Waals surface area contributed by atoms with Gasteiger partial charge < -0.3 is 19.5 Å². The Balaban J connectivity index is 2.26. The van der Waals surface area contributed by atoms with Crippen molar-refractivity contribution in [3.63, 3.8) is 0 Å². The second kappa shape index (κ2) is 4.40. The van der Waals surface area contributed by atoms with Crippen LogP contribution in [-0.2, 0) is 22.7 Å². The Labute approximate surface area is 92.8 Å². The molecule has 2 rings (SSSR count). The summed E-state index contributed by atoms with van der Waals surface area (Å²) in [4.78, 5) is 11.0. The molecule has 2 N–H and O–H groups in total. The lowest BCUT2D eigenvalue weighted by Crippen LogP contribution is -2.19. The van der Waals surface area contributed by atoms with E-state index in [1.807, 2.05) is 23.6 Å². The highest BCUT2D eigenvalue weighted by Crippen LogP contribution is 2.21. The van der Waals surface area contributed by atoms with Gasteiger partial charge in [-0.1, -0.05) is 6.92 Å². The number of nitrogens with two attached hydrogens (primary N) is 1. The van der Waals surface area contributed by atoms with Crippen molar-refractivity contribution < 1.29 is 13.9 Å². The van der Waals surface area contributed by atoms with Gasteiger partial charge in [-0.3, -0.25) is 4.79 Å². The van der Waals surface area contributed by atoms with Crippen LogP contribution in [0.5, 0.6) is 0 Å². The predicted octanol–water partition coefficient (Wildman–Crippen LogP) is 1.26. The Hall–Kier alpha value is -1.75. The largest absolute Gasteiger partial charge is 0.463 e. The fourth-order valence-corrected chi connectivity index (χ4v) is 1.67. The standard InChI is InChI=1S/C11H14N2O3/c1-2-8-5-10-9(3-4-15-10)13(8)7-16-11(14)6-12/h3-5H,2,6-7,12H2,1H3. The van der Waals surface area contributed by atoms with Gasteiger partial charge in [0, 0.05) is 17.8 Å². The number of nitrogens with zero attached hydrogens (tertiary/aromatic N) is 1. The van der Waals surface area contributed by atoms with Crippen LogP contribution in [0.3, 0.4) is 0 Å². The summed E-state index contributed by atoms with van der Waals surface area (Å²) in [7, 11) is 0. The van der Waals surface area contributed by atoms with Gasteiger partial charge in [0.2, 0.25) is 0 Å². The van der Waals surface area contributed by atoms with Crippen LogP contribution in [0.25, 0.3) is 11.1 Å². The number of carbonyl (C=O) groups excluding carboxylic acids is 1. The summed E-state index contributed by atoms with van der Waals surface area (Å²) in [5.41, 5.74) is 7.98. The molecule has 0 amide bonds. The zero-order chi connectivity index (χ0) is 11.5. The molecule has 2 aromatic rings. The molecule has 0 aliphatic heterocycles. The molecular formula is C11H14N2O3. The average Bonchev–Trinajstić information content (AvgIpc) is 2.85. The molecule has 5 heteroatoms. The Bertz CT molecular complexity index is 498. The molecule has 0 bridgehead atoms. The number of carbonyl (C=O) groups is 1. The van der Waals surface area contributed by atoms with Crippen molar-refractivity contribution in [2.45, 2.75) is 20.1 Å². The fraction of sp³-hybridized carbons (Fsp3) is 0.364. The Morgan fingerprint density at radius 1 is 1.62 bits per heavy atom. The van der Waals surface area contributed by atoms with Crippen LogP contribution >= 0.6 is 0 Å². The molecule has 5 nitrogen and oxygen atoms in total. The highest BCUT2D eigenvalue weighted by molar-refractivity contribution is 5.76. The smallest absolute Gasteiger partial charge is 0.321 e. The molecule has 2 heterocycles. The average molecular weight is 222 g/mol. The molecule has 2 aromatic heterocycles. The lowest BCUT2D eigenvalue weighted by atomic mass is 10.3. The van der Waals surface area contributed by atoms with Gasteiger partial charge in [-0.2, -0.15) is 0 Å². The van der Waals surface area contributed by atoms with Crippen LogP contribution in [0, 0.1) is 0 Å². The second-order valence-corrected chi connectivity index (χ2v) is 3.44. The quantitative estimate of drug-likeness (QED) is 0.790. The monoisotopic (exact) mass is 222 g/mol. The SMILES string of the molecule is CCc1cc2occc2n1COC(=O)CN. The summed E-state index contributed by atoms with van der Waals surface area (Å²) < 4.78 is 12.2. The number of aryl methyl sites for hydroxylation is 1. The molecule has 0 fully saturated rings. The lowest BCUT2D eigenvalue weighted by molar-refractivity contribution is -0.145. The first-order valence-corrected chi connectivity index (χ1v) is 5.17. The first kappa shape index (κ1) is 10.8. The van der Waals surface area contributed by atoms with Gasteiger partial charge in [0.15, 0.2) is 12.3 Å². The molecule has 0 aliphatic carbocycles. The maximum absolute atomic E-state index is 11.0. The maximum Gasteiger partial charge on any atom is 0.321 e. The van der Waals surface area contributed by atoms with E-state index in [4.69, 9.17) is 14.9 Å². The number of fused-ring (bicyclic) bond motifs is 1. The molecule has 0 atom stereocenters. The van der Waals surface area contributed by atoms with E-state index in [0.29, 0.717) is 0 Å². The predicted molar refractivity (Wildman–Crippen MR) is 58.7 cm³/mol. The fourth-order valence-electron chi connectivity index (χ4n) is 1.67. The number of hydrogen-bond acceptors (Lipinski definition) is 4. The van der Waals surface area contributed by atoms with Crippen LogP contribution in [0.4, 0.5) is 0 Å². The van der Waals surface area contributed by atoms with E-state index in [-0.39, 0.29) is 13.3 Å². The van der Waals surface area contributed by atoms with Gasteiger partial charge in [0.05, 0.1) is 18.3 Å². The summed E-state index contributed by atoms with van der Waals surface area (Å²) in [5.74, 6) is -0.410. The van der Waals surface area contributed by atoms with Gasteiger partial charge in [-0.25, -0.2) is 0 Å². The van der Waals surface area contributed by atoms with E-state index < -0.39 is 5.97 Å². The summed E-state index contributed by atoms with van der Waals surface area (Å²) in [5, 5.41) is 0. The molecule has 0 radical (unpaired) electrons. The highest BCUT2D eigenvalue weighted by atomic mass is 16.5. The number of esters is 1. The number of furan rings is 1. The van der Waals surface area contributed by atoms with Crippen molar-refractivity contribution in [2.24, 2.45) is 5.73 Å². The van der Waals surface area contributed by atoms with Crippen molar-refractivity contribution in [1.82, 2.24) is 4.57 Å². The molecule has 0 aromatic carbocycles. The Morgan fingerprint density at radius 3 is 3.12 bits per heavy atom. The summed E-state index contributed by atoms with van der Waals surface area (Å²) >= 11 is 0. The molecule has 0 saturated heterocycles. The maximum atomic E-state index is 11.0. The summed E-state index contributed by atoms with van der Waals surface area (Å²) in [6.45, 7) is 2.12. The molecule has 0 aliphatic rings. The molecule has 0 unspecified atom stereocenters. The first-order valence-electron chi connectivity index (χ1n) is 5.17. The number of aromatic nitrogens is 1. The van der Waals surface area contributed by atoms with E-state index in [1.165, 1.54) is 0 Å². The van der Waals surface area contributed by atoms with Gasteiger partial charge in [-0.15, -0.1) is 0 Å². The van der Waals surface area contributed by atoms with Crippen LogP contribution in [-0.4, -0.2) is 17.1 Å². The zero-order valence-electron chi connectivity index (χ0n) is 9.10. The molecule has 86 valence electrons. The van der Waals surface area contributed by atoms with Gasteiger partial charge in [0.1, 0.15) is 0 Å². The molecular weight excluding hydrogens is 208 g/mol. The van der Waals surface area contributed by atoms with Crippen molar-refractivity contribution in [3.05, 3.63) is 24.1 Å². The number of ether oxygens (including phenoxy) is 1. The third-order valence-electron chi connectivity index (χ3n) is 2.49. The lowest BCUT2D eigenvalue weighted by Gasteiger charge is -2.08. The minimum atomic E-state index is -0.410. The van der Waals surface area contributed by atoms with E-state index in [2.05, 4.69) is 0 Å². The Kier molecular flexibility index (Phi) is 2.96. The highest BCUT2D eigenvalue weighted by Gasteiger charge is 2.10. The van der Waals surface area contributed by atoms with Gasteiger partial charge in [0.25, 0.3) is 0 Å². The second-order valence-electron chi connectivity index (χ2n) is 3.44. The van der Waals surface area contributed by atoms with Crippen LogP contribution < -0.4 is 5.73 Å². The van der Waals surface area contributed by atoms with Crippen LogP contribution in [0.15, 0.2) is 22.8 Å². The zero-order valence-corrected chi connectivity index (χ0v) is 9.10.